The van der Waals surface area contributed by atoms with Crippen LogP contribution in [0.15, 0.2) is 16.3 Å². The van der Waals surface area contributed by atoms with Crippen LogP contribution in [-0.2, 0) is 32.7 Å². The molecule has 0 aliphatic heterocycles. The van der Waals surface area contributed by atoms with Crippen molar-refractivity contribution in [2.75, 3.05) is 6.26 Å². The number of thioether (sulfide) groups is 1. The SMILES string of the molecule is CSc1ccc(C)s1.[Y]. The molecule has 0 N–H and O–H groups in total. The van der Waals surface area contributed by atoms with Crippen LogP contribution < -0.4 is 0 Å². The Kier molecular flexibility index (Phi) is 5.52. The molecule has 1 heterocycles. The van der Waals surface area contributed by atoms with Gasteiger partial charge < -0.3 is 0 Å². The molecule has 0 aliphatic carbocycles. The Morgan fingerprint density at radius 3 is 2.33 bits per heavy atom. The van der Waals surface area contributed by atoms with E-state index in [0.717, 1.165) is 0 Å². The molecule has 0 aromatic carbocycles. The Labute approximate surface area is 89.3 Å². The fourth-order valence-corrected chi connectivity index (χ4v) is 2.04. The van der Waals surface area contributed by atoms with E-state index in [4.69, 9.17) is 0 Å². The Morgan fingerprint density at radius 1 is 1.44 bits per heavy atom. The summed E-state index contributed by atoms with van der Waals surface area (Å²) in [6, 6.07) is 4.31. The molecular weight excluding hydrogens is 225 g/mol. The van der Waals surface area contributed by atoms with E-state index in [-0.39, 0.29) is 32.7 Å². The second-order valence-electron chi connectivity index (χ2n) is 1.57. The summed E-state index contributed by atoms with van der Waals surface area (Å²) in [7, 11) is 0. The van der Waals surface area contributed by atoms with Crippen molar-refractivity contribution in [3.8, 4) is 0 Å². The first-order valence-electron chi connectivity index (χ1n) is 2.43. The molecule has 0 spiro atoms. The summed E-state index contributed by atoms with van der Waals surface area (Å²) in [5.41, 5.74) is 0. The molecule has 0 bridgehead atoms. The molecule has 0 saturated heterocycles. The van der Waals surface area contributed by atoms with Gasteiger partial charge in [-0.05, 0) is 25.3 Å². The van der Waals surface area contributed by atoms with Crippen LogP contribution in [0.5, 0.6) is 0 Å². The summed E-state index contributed by atoms with van der Waals surface area (Å²) in [6.45, 7) is 2.13. The minimum atomic E-state index is 0. The minimum absolute atomic E-state index is 0. The average Bonchev–Trinajstić information content (AvgIpc) is 2.14. The first-order chi connectivity index (χ1) is 3.83. The van der Waals surface area contributed by atoms with Crippen molar-refractivity contribution in [3.05, 3.63) is 17.0 Å². The summed E-state index contributed by atoms with van der Waals surface area (Å²) >= 11 is 3.66. The summed E-state index contributed by atoms with van der Waals surface area (Å²) in [6.07, 6.45) is 2.10. The van der Waals surface area contributed by atoms with Gasteiger partial charge in [0.2, 0.25) is 0 Å². The average molecular weight is 233 g/mol. The fourth-order valence-electron chi connectivity index (χ4n) is 0.522. The van der Waals surface area contributed by atoms with Gasteiger partial charge in [-0.2, -0.15) is 0 Å². The van der Waals surface area contributed by atoms with E-state index in [9.17, 15) is 0 Å². The molecule has 9 heavy (non-hydrogen) atoms. The number of aryl methyl sites for hydroxylation is 1. The van der Waals surface area contributed by atoms with Gasteiger partial charge in [-0.25, -0.2) is 0 Å². The molecule has 0 aliphatic rings. The van der Waals surface area contributed by atoms with Crippen LogP contribution in [0.1, 0.15) is 4.88 Å². The van der Waals surface area contributed by atoms with E-state index >= 15 is 0 Å². The summed E-state index contributed by atoms with van der Waals surface area (Å²) in [5.74, 6) is 0. The predicted molar refractivity (Wildman–Crippen MR) is 40.8 cm³/mol. The van der Waals surface area contributed by atoms with E-state index in [1.807, 2.05) is 23.1 Å². The second-order valence-corrected chi connectivity index (χ2v) is 3.96. The van der Waals surface area contributed by atoms with Crippen molar-refractivity contribution in [2.24, 2.45) is 0 Å². The van der Waals surface area contributed by atoms with Crippen molar-refractivity contribution in [3.63, 3.8) is 0 Å². The van der Waals surface area contributed by atoms with Crippen LogP contribution >= 0.6 is 23.1 Å². The topological polar surface area (TPSA) is 0 Å². The smallest absolute Gasteiger partial charge is 0.0598 e. The van der Waals surface area contributed by atoms with Crippen LogP contribution in [-0.4, -0.2) is 6.26 Å². The Hall–Kier alpha value is 1.15. The van der Waals surface area contributed by atoms with Gasteiger partial charge in [0.05, 0.1) is 4.21 Å². The minimum Gasteiger partial charge on any atom is -0.134 e. The maximum Gasteiger partial charge on any atom is 0.0598 e. The van der Waals surface area contributed by atoms with Crippen molar-refractivity contribution < 1.29 is 32.7 Å². The molecule has 0 fully saturated rings. The van der Waals surface area contributed by atoms with Gasteiger partial charge in [0.15, 0.2) is 0 Å². The molecule has 0 amide bonds. The van der Waals surface area contributed by atoms with Gasteiger partial charge in [0, 0.05) is 37.6 Å². The quantitative estimate of drug-likeness (QED) is 0.672. The first kappa shape index (κ1) is 10.2. The zero-order valence-electron chi connectivity index (χ0n) is 5.55. The van der Waals surface area contributed by atoms with Crippen LogP contribution in [0.4, 0.5) is 0 Å². The van der Waals surface area contributed by atoms with Gasteiger partial charge >= 0.3 is 0 Å². The molecule has 1 aromatic heterocycles. The molecule has 0 nitrogen and oxygen atoms in total. The predicted octanol–water partition coefficient (Wildman–Crippen LogP) is 2.78. The maximum absolute atomic E-state index is 2.16. The van der Waals surface area contributed by atoms with Crippen molar-refractivity contribution in [1.29, 1.82) is 0 Å². The third-order valence-electron chi connectivity index (χ3n) is 0.917. The number of hydrogen-bond donors (Lipinski definition) is 0. The number of thiophene rings is 1. The molecule has 0 unspecified atom stereocenters. The second kappa shape index (κ2) is 4.89. The molecule has 0 atom stereocenters. The molecule has 1 rings (SSSR count). The van der Waals surface area contributed by atoms with Crippen LogP contribution in [0.25, 0.3) is 0 Å². The van der Waals surface area contributed by atoms with Crippen LogP contribution in [0.2, 0.25) is 0 Å². The summed E-state index contributed by atoms with van der Waals surface area (Å²) < 4.78 is 1.41. The van der Waals surface area contributed by atoms with Gasteiger partial charge in [-0.15, -0.1) is 23.1 Å². The van der Waals surface area contributed by atoms with Crippen LogP contribution in [0.3, 0.4) is 0 Å². The zero-order valence-corrected chi connectivity index (χ0v) is 10.0. The van der Waals surface area contributed by atoms with Gasteiger partial charge in [0.25, 0.3) is 0 Å². The fraction of sp³-hybridized carbons (Fsp3) is 0.333. The zero-order chi connectivity index (χ0) is 5.98. The van der Waals surface area contributed by atoms with Crippen molar-refractivity contribution >= 4 is 23.1 Å². The maximum atomic E-state index is 2.16. The molecular formula is C6H8S2Y. The van der Waals surface area contributed by atoms with E-state index in [2.05, 4.69) is 25.3 Å². The Morgan fingerprint density at radius 2 is 2.11 bits per heavy atom. The van der Waals surface area contributed by atoms with E-state index in [0.29, 0.717) is 0 Å². The number of hydrogen-bond acceptors (Lipinski definition) is 2. The third kappa shape index (κ3) is 3.17. The van der Waals surface area contributed by atoms with Gasteiger partial charge in [-0.1, -0.05) is 0 Å². The van der Waals surface area contributed by atoms with E-state index in [1.165, 1.54) is 9.09 Å². The monoisotopic (exact) mass is 233 g/mol. The molecule has 3 heteroatoms. The van der Waals surface area contributed by atoms with E-state index < -0.39 is 0 Å². The molecule has 0 saturated carbocycles. The molecule has 1 aromatic rings. The van der Waals surface area contributed by atoms with Gasteiger partial charge in [-0.3, -0.25) is 0 Å². The largest absolute Gasteiger partial charge is 0.134 e. The summed E-state index contributed by atoms with van der Waals surface area (Å²) in [5, 5.41) is 0. The Bertz CT molecular complexity index is 171. The molecule has 1 radical (unpaired) electrons. The van der Waals surface area contributed by atoms with Crippen molar-refractivity contribution in [1.82, 2.24) is 0 Å². The third-order valence-corrected chi connectivity index (χ3v) is 3.00. The summed E-state index contributed by atoms with van der Waals surface area (Å²) in [4.78, 5) is 1.40. The normalized spacial score (nSPS) is 8.67. The van der Waals surface area contributed by atoms with Crippen molar-refractivity contribution in [2.45, 2.75) is 11.1 Å². The van der Waals surface area contributed by atoms with Crippen LogP contribution in [0, 0.1) is 6.92 Å². The van der Waals surface area contributed by atoms with E-state index in [1.54, 1.807) is 0 Å². The Balaban J connectivity index is 0.000000640. The first-order valence-corrected chi connectivity index (χ1v) is 4.47. The van der Waals surface area contributed by atoms with Gasteiger partial charge in [0.1, 0.15) is 0 Å². The standard InChI is InChI=1S/C6H8S2.Y/c1-5-3-4-6(7-2)8-5;/h3-4H,1-2H3;. The number of rotatable bonds is 1. The molecule has 47 valence electrons.